The lowest BCUT2D eigenvalue weighted by atomic mass is 10.2. The second kappa shape index (κ2) is 6.97. The third-order valence-electron chi connectivity index (χ3n) is 3.34. The van der Waals surface area contributed by atoms with Crippen molar-refractivity contribution in [3.63, 3.8) is 0 Å². The minimum atomic E-state index is 0.220. The largest absolute Gasteiger partial charge is 0.396 e. The van der Waals surface area contributed by atoms with Crippen molar-refractivity contribution in [1.82, 2.24) is 10.3 Å². The molecule has 2 atom stereocenters. The highest BCUT2D eigenvalue weighted by Crippen LogP contribution is 2.31. The summed E-state index contributed by atoms with van der Waals surface area (Å²) in [5.41, 5.74) is 2.26. The molecule has 0 aliphatic carbocycles. The van der Waals surface area contributed by atoms with Crippen molar-refractivity contribution in [2.75, 3.05) is 6.61 Å². The van der Waals surface area contributed by atoms with Crippen LogP contribution in [-0.4, -0.2) is 22.7 Å². The molecule has 2 rings (SSSR count). The maximum atomic E-state index is 8.98. The Balaban J connectivity index is 2.15. The van der Waals surface area contributed by atoms with E-state index in [1.807, 2.05) is 18.2 Å². The van der Waals surface area contributed by atoms with E-state index in [-0.39, 0.29) is 12.6 Å². The van der Waals surface area contributed by atoms with Gasteiger partial charge in [-0.25, -0.2) is 4.98 Å². The van der Waals surface area contributed by atoms with E-state index in [2.05, 4.69) is 43.2 Å². The van der Waals surface area contributed by atoms with E-state index >= 15 is 0 Å². The van der Waals surface area contributed by atoms with Crippen molar-refractivity contribution in [3.8, 4) is 10.6 Å². The molecule has 2 N–H and O–H groups in total. The third kappa shape index (κ3) is 3.66. The lowest BCUT2D eigenvalue weighted by Crippen LogP contribution is -2.29. The summed E-state index contributed by atoms with van der Waals surface area (Å²) >= 11 is 1.74. The first-order valence-electron chi connectivity index (χ1n) is 7.01. The van der Waals surface area contributed by atoms with Crippen LogP contribution >= 0.6 is 11.3 Å². The Morgan fingerprint density at radius 2 is 1.95 bits per heavy atom. The molecule has 0 radical (unpaired) electrons. The summed E-state index contributed by atoms with van der Waals surface area (Å²) in [6.07, 6.45) is 0.772. The molecule has 3 nitrogen and oxygen atoms in total. The van der Waals surface area contributed by atoms with Gasteiger partial charge in [0.1, 0.15) is 5.01 Å². The van der Waals surface area contributed by atoms with E-state index < -0.39 is 0 Å². The van der Waals surface area contributed by atoms with Crippen LogP contribution in [0.2, 0.25) is 0 Å². The molecular formula is C16H22N2OS. The normalized spacial score (nSPS) is 14.2. The van der Waals surface area contributed by atoms with E-state index in [0.29, 0.717) is 6.04 Å². The van der Waals surface area contributed by atoms with Crippen LogP contribution in [0.25, 0.3) is 10.6 Å². The van der Waals surface area contributed by atoms with Crippen molar-refractivity contribution in [2.45, 2.75) is 39.3 Å². The predicted molar refractivity (Wildman–Crippen MR) is 85.0 cm³/mol. The molecule has 1 aromatic carbocycles. The Kier molecular flexibility index (Phi) is 5.29. The molecule has 0 aliphatic rings. The second-order valence-corrected chi connectivity index (χ2v) is 6.17. The van der Waals surface area contributed by atoms with E-state index in [1.165, 1.54) is 10.4 Å². The number of rotatable bonds is 6. The molecule has 2 unspecified atom stereocenters. The summed E-state index contributed by atoms with van der Waals surface area (Å²) in [6, 6.07) is 10.8. The molecule has 0 aliphatic heterocycles. The zero-order valence-corrected chi connectivity index (χ0v) is 13.1. The Labute approximate surface area is 124 Å². The lowest BCUT2D eigenvalue weighted by Gasteiger charge is -2.18. The summed E-state index contributed by atoms with van der Waals surface area (Å²) in [6.45, 7) is 6.54. The van der Waals surface area contributed by atoms with Gasteiger partial charge in [0.2, 0.25) is 0 Å². The molecular weight excluding hydrogens is 268 g/mol. The molecule has 4 heteroatoms. The van der Waals surface area contributed by atoms with Gasteiger partial charge in [0, 0.05) is 29.1 Å². The monoisotopic (exact) mass is 290 g/mol. The highest BCUT2D eigenvalue weighted by molar-refractivity contribution is 7.15. The van der Waals surface area contributed by atoms with E-state index in [0.717, 1.165) is 17.1 Å². The topological polar surface area (TPSA) is 45.2 Å². The van der Waals surface area contributed by atoms with Crippen LogP contribution in [0, 0.1) is 6.92 Å². The molecule has 0 amide bonds. The van der Waals surface area contributed by atoms with Crippen molar-refractivity contribution >= 4 is 11.3 Å². The summed E-state index contributed by atoms with van der Waals surface area (Å²) in [5, 5.41) is 13.6. The first-order chi connectivity index (χ1) is 9.61. The number of hydrogen-bond donors (Lipinski definition) is 2. The molecule has 1 heterocycles. The van der Waals surface area contributed by atoms with Crippen LogP contribution in [0.5, 0.6) is 0 Å². The van der Waals surface area contributed by atoms with Gasteiger partial charge in [0.05, 0.1) is 5.69 Å². The fourth-order valence-electron chi connectivity index (χ4n) is 2.29. The van der Waals surface area contributed by atoms with E-state index in [4.69, 9.17) is 5.11 Å². The predicted octanol–water partition coefficient (Wildman–Crippen LogP) is 3.54. The third-order valence-corrected chi connectivity index (χ3v) is 4.73. The van der Waals surface area contributed by atoms with Crippen molar-refractivity contribution in [3.05, 3.63) is 40.9 Å². The second-order valence-electron chi connectivity index (χ2n) is 5.14. The number of thiazole rings is 1. The van der Waals surface area contributed by atoms with Gasteiger partial charge in [-0.1, -0.05) is 30.3 Å². The SMILES string of the molecule is Cc1nc(-c2ccccc2)sc1C(C)NC(C)CCO. The summed E-state index contributed by atoms with van der Waals surface area (Å²) in [5.74, 6) is 0. The quantitative estimate of drug-likeness (QED) is 0.855. The van der Waals surface area contributed by atoms with Crippen LogP contribution in [-0.2, 0) is 0 Å². The molecule has 0 fully saturated rings. The Morgan fingerprint density at radius 3 is 2.60 bits per heavy atom. The fourth-order valence-corrected chi connectivity index (χ4v) is 3.38. The lowest BCUT2D eigenvalue weighted by molar-refractivity contribution is 0.265. The highest BCUT2D eigenvalue weighted by atomic mass is 32.1. The van der Waals surface area contributed by atoms with E-state index in [1.54, 1.807) is 11.3 Å². The summed E-state index contributed by atoms with van der Waals surface area (Å²) < 4.78 is 0. The van der Waals surface area contributed by atoms with Gasteiger partial charge in [0.15, 0.2) is 0 Å². The first kappa shape index (κ1) is 15.2. The van der Waals surface area contributed by atoms with Crippen LogP contribution in [0.1, 0.15) is 36.9 Å². The van der Waals surface area contributed by atoms with Crippen LogP contribution in [0.15, 0.2) is 30.3 Å². The Bertz CT molecular complexity index is 539. The number of hydrogen-bond acceptors (Lipinski definition) is 4. The molecule has 2 aromatic rings. The molecule has 108 valence electrons. The number of aryl methyl sites for hydroxylation is 1. The minimum Gasteiger partial charge on any atom is -0.396 e. The van der Waals surface area contributed by atoms with Crippen molar-refractivity contribution in [2.24, 2.45) is 0 Å². The van der Waals surface area contributed by atoms with Gasteiger partial charge >= 0.3 is 0 Å². The summed E-state index contributed by atoms with van der Waals surface area (Å²) in [4.78, 5) is 5.96. The average Bonchev–Trinajstić information content (AvgIpc) is 2.82. The van der Waals surface area contributed by atoms with Gasteiger partial charge in [0.25, 0.3) is 0 Å². The van der Waals surface area contributed by atoms with E-state index in [9.17, 15) is 0 Å². The van der Waals surface area contributed by atoms with Gasteiger partial charge in [-0.15, -0.1) is 11.3 Å². The van der Waals surface area contributed by atoms with Crippen LogP contribution in [0.3, 0.4) is 0 Å². The first-order valence-corrected chi connectivity index (χ1v) is 7.83. The number of benzene rings is 1. The molecule has 1 aromatic heterocycles. The van der Waals surface area contributed by atoms with Gasteiger partial charge in [-0.2, -0.15) is 0 Å². The molecule has 20 heavy (non-hydrogen) atoms. The molecule has 0 bridgehead atoms. The number of aliphatic hydroxyl groups excluding tert-OH is 1. The molecule has 0 saturated carbocycles. The zero-order chi connectivity index (χ0) is 14.5. The number of aromatic nitrogens is 1. The highest BCUT2D eigenvalue weighted by Gasteiger charge is 2.16. The Hall–Kier alpha value is -1.23. The average molecular weight is 290 g/mol. The maximum Gasteiger partial charge on any atom is 0.123 e. The van der Waals surface area contributed by atoms with Crippen LogP contribution in [0.4, 0.5) is 0 Å². The smallest absolute Gasteiger partial charge is 0.123 e. The molecule has 0 spiro atoms. The zero-order valence-electron chi connectivity index (χ0n) is 12.3. The van der Waals surface area contributed by atoms with Crippen molar-refractivity contribution < 1.29 is 5.11 Å². The number of aliphatic hydroxyl groups is 1. The fraction of sp³-hybridized carbons (Fsp3) is 0.438. The van der Waals surface area contributed by atoms with Crippen molar-refractivity contribution in [1.29, 1.82) is 0 Å². The molecule has 0 saturated heterocycles. The van der Waals surface area contributed by atoms with Gasteiger partial charge < -0.3 is 10.4 Å². The standard InChI is InChI=1S/C16H22N2OS/c1-11(9-10-19)17-12(2)15-13(3)18-16(20-15)14-7-5-4-6-8-14/h4-8,11-12,17,19H,9-10H2,1-3H3. The Morgan fingerprint density at radius 1 is 1.25 bits per heavy atom. The van der Waals surface area contributed by atoms with Gasteiger partial charge in [-0.3, -0.25) is 0 Å². The minimum absolute atomic E-state index is 0.220. The van der Waals surface area contributed by atoms with Crippen LogP contribution < -0.4 is 5.32 Å². The number of nitrogens with one attached hydrogen (secondary N) is 1. The van der Waals surface area contributed by atoms with Gasteiger partial charge in [-0.05, 0) is 27.2 Å². The maximum absolute atomic E-state index is 8.98. The summed E-state index contributed by atoms with van der Waals surface area (Å²) in [7, 11) is 0. The number of nitrogens with zero attached hydrogens (tertiary/aromatic N) is 1.